The lowest BCUT2D eigenvalue weighted by atomic mass is 10.1. The highest BCUT2D eigenvalue weighted by molar-refractivity contribution is 5.98. The highest BCUT2D eigenvalue weighted by Crippen LogP contribution is 2.40. The number of rotatable bonds is 1. The molecule has 3 rings (SSSR count). The highest BCUT2D eigenvalue weighted by Gasteiger charge is 2.29. The van der Waals surface area contributed by atoms with Crippen LogP contribution in [0.4, 0.5) is 5.69 Å². The molecule has 6 heteroatoms. The van der Waals surface area contributed by atoms with Gasteiger partial charge in [-0.1, -0.05) is 12.1 Å². The summed E-state index contributed by atoms with van der Waals surface area (Å²) in [5.41, 5.74) is 13.3. The molecule has 1 aromatic carbocycles. The molecule has 0 amide bonds. The molecule has 0 saturated heterocycles. The number of benzene rings is 1. The van der Waals surface area contributed by atoms with Crippen LogP contribution in [0, 0.1) is 0 Å². The van der Waals surface area contributed by atoms with Crippen LogP contribution in [-0.4, -0.2) is 23.8 Å². The summed E-state index contributed by atoms with van der Waals surface area (Å²) < 4.78 is 5.51. The molecule has 2 heterocycles. The molecule has 0 bridgehead atoms. The third kappa shape index (κ3) is 1.54. The van der Waals surface area contributed by atoms with Crippen LogP contribution in [0.5, 0.6) is 5.75 Å². The predicted molar refractivity (Wildman–Crippen MR) is 68.1 cm³/mol. The minimum Gasteiger partial charge on any atom is -0.488 e. The van der Waals surface area contributed by atoms with E-state index in [1.54, 1.807) is 17.2 Å². The summed E-state index contributed by atoms with van der Waals surface area (Å²) in [5.74, 6) is 0.928. The van der Waals surface area contributed by atoms with Gasteiger partial charge in [0, 0.05) is 11.8 Å². The van der Waals surface area contributed by atoms with Crippen LogP contribution < -0.4 is 21.1 Å². The topological polar surface area (TPSA) is 97.1 Å². The molecule has 5 N–H and O–H groups in total. The number of hydrogen-bond acceptors (Lipinski definition) is 6. The zero-order chi connectivity index (χ0) is 12.7. The van der Waals surface area contributed by atoms with Gasteiger partial charge in [-0.05, 0) is 12.1 Å². The van der Waals surface area contributed by atoms with E-state index in [0.717, 1.165) is 11.3 Å². The van der Waals surface area contributed by atoms with Crippen molar-refractivity contribution in [3.63, 3.8) is 0 Å². The average molecular weight is 246 g/mol. The Morgan fingerprint density at radius 3 is 3.06 bits per heavy atom. The molecule has 0 fully saturated rings. The maximum atomic E-state index is 9.79. The molecular formula is C12H14N4O2. The lowest BCUT2D eigenvalue weighted by Gasteiger charge is -2.30. The molecule has 2 aliphatic heterocycles. The first-order chi connectivity index (χ1) is 8.68. The average Bonchev–Trinajstić information content (AvgIpc) is 2.72. The highest BCUT2D eigenvalue weighted by atomic mass is 16.5. The Kier molecular flexibility index (Phi) is 2.46. The van der Waals surface area contributed by atoms with Gasteiger partial charge in [-0.2, -0.15) is 0 Å². The molecular weight excluding hydrogens is 232 g/mol. The van der Waals surface area contributed by atoms with Crippen molar-refractivity contribution in [2.24, 2.45) is 16.5 Å². The number of guanidine groups is 1. The van der Waals surface area contributed by atoms with E-state index in [1.807, 2.05) is 18.2 Å². The van der Waals surface area contributed by atoms with E-state index >= 15 is 0 Å². The van der Waals surface area contributed by atoms with Gasteiger partial charge in [-0.3, -0.25) is 4.90 Å². The van der Waals surface area contributed by atoms with Crippen molar-refractivity contribution in [1.29, 1.82) is 0 Å². The van der Waals surface area contributed by atoms with E-state index in [4.69, 9.17) is 16.2 Å². The first-order valence-corrected chi connectivity index (χ1v) is 5.67. The van der Waals surface area contributed by atoms with Gasteiger partial charge in [0.25, 0.3) is 0 Å². The number of aliphatic hydroxyl groups is 1. The number of aliphatic imine (C=N–C) groups is 1. The third-order valence-electron chi connectivity index (χ3n) is 3.06. The van der Waals surface area contributed by atoms with Crippen molar-refractivity contribution in [2.45, 2.75) is 12.3 Å². The summed E-state index contributed by atoms with van der Waals surface area (Å²) in [5, 5.41) is 9.79. The predicted octanol–water partition coefficient (Wildman–Crippen LogP) is 0.0456. The van der Waals surface area contributed by atoms with E-state index in [9.17, 15) is 5.11 Å². The summed E-state index contributed by atoms with van der Waals surface area (Å²) >= 11 is 0. The molecule has 1 aromatic rings. The van der Waals surface area contributed by atoms with E-state index in [1.165, 1.54) is 0 Å². The summed E-state index contributed by atoms with van der Waals surface area (Å²) in [6.07, 6.45) is 2.32. The fourth-order valence-corrected chi connectivity index (χ4v) is 2.20. The van der Waals surface area contributed by atoms with Gasteiger partial charge in [-0.25, -0.2) is 4.99 Å². The normalized spacial score (nSPS) is 25.7. The summed E-state index contributed by atoms with van der Waals surface area (Å²) in [7, 11) is 0. The first-order valence-electron chi connectivity index (χ1n) is 5.67. The molecule has 0 saturated carbocycles. The Morgan fingerprint density at radius 2 is 2.28 bits per heavy atom. The van der Waals surface area contributed by atoms with Crippen LogP contribution in [-0.2, 0) is 0 Å². The molecule has 2 unspecified atom stereocenters. The number of fused-ring (bicyclic) bond motifs is 1. The number of hydrogen-bond donors (Lipinski definition) is 3. The number of anilines is 1. The van der Waals surface area contributed by atoms with Crippen molar-refractivity contribution in [3.05, 3.63) is 36.0 Å². The molecule has 2 atom stereocenters. The van der Waals surface area contributed by atoms with Crippen LogP contribution in [0.2, 0.25) is 0 Å². The number of para-hydroxylation sites is 1. The van der Waals surface area contributed by atoms with Gasteiger partial charge in [0.2, 0.25) is 5.96 Å². The number of nitrogens with zero attached hydrogens (tertiary/aromatic N) is 2. The fourth-order valence-electron chi connectivity index (χ4n) is 2.20. The number of ether oxygens (including phenoxy) is 1. The Balaban J connectivity index is 2.08. The molecule has 94 valence electrons. The molecule has 0 aromatic heterocycles. The zero-order valence-electron chi connectivity index (χ0n) is 9.65. The first kappa shape index (κ1) is 11.1. The van der Waals surface area contributed by atoms with Gasteiger partial charge < -0.3 is 21.3 Å². The van der Waals surface area contributed by atoms with Crippen LogP contribution in [0.3, 0.4) is 0 Å². The Labute approximate surface area is 104 Å². The number of nitrogens with two attached hydrogens (primary N) is 2. The van der Waals surface area contributed by atoms with Gasteiger partial charge >= 0.3 is 0 Å². The van der Waals surface area contributed by atoms with Crippen molar-refractivity contribution in [1.82, 2.24) is 0 Å². The summed E-state index contributed by atoms with van der Waals surface area (Å²) in [6.45, 7) is 0.252. The maximum Gasteiger partial charge on any atom is 0.202 e. The standard InChI is InChI=1S/C12H14N4O2/c13-10-4-5-15-12(14)16(10)8-3-1-2-7-9(17)6-18-11(7)8/h1-5,9-10,17H,6,13H2,(H2,14,15). The van der Waals surface area contributed by atoms with Crippen molar-refractivity contribution in [3.8, 4) is 5.75 Å². The van der Waals surface area contributed by atoms with Gasteiger partial charge in [0.15, 0.2) is 0 Å². The lowest BCUT2D eigenvalue weighted by molar-refractivity contribution is 0.140. The molecule has 0 aliphatic carbocycles. The third-order valence-corrected chi connectivity index (χ3v) is 3.06. The van der Waals surface area contributed by atoms with E-state index in [2.05, 4.69) is 4.99 Å². The second kappa shape index (κ2) is 4.01. The Bertz CT molecular complexity index is 541. The van der Waals surface area contributed by atoms with Crippen molar-refractivity contribution >= 4 is 11.6 Å². The molecule has 0 radical (unpaired) electrons. The van der Waals surface area contributed by atoms with Crippen LogP contribution >= 0.6 is 0 Å². The van der Waals surface area contributed by atoms with Gasteiger partial charge in [-0.15, -0.1) is 0 Å². The SMILES string of the molecule is NC1=NC=CC(N)N1c1cccc2c1OCC2O. The van der Waals surface area contributed by atoms with Crippen molar-refractivity contribution in [2.75, 3.05) is 11.5 Å². The van der Waals surface area contributed by atoms with E-state index in [0.29, 0.717) is 11.7 Å². The fraction of sp³-hybridized carbons (Fsp3) is 0.250. The lowest BCUT2D eigenvalue weighted by Crippen LogP contribution is -2.50. The maximum absolute atomic E-state index is 9.79. The van der Waals surface area contributed by atoms with Gasteiger partial charge in [0.05, 0.1) is 5.69 Å². The van der Waals surface area contributed by atoms with E-state index < -0.39 is 12.3 Å². The largest absolute Gasteiger partial charge is 0.488 e. The second-order valence-corrected chi connectivity index (χ2v) is 4.21. The molecule has 2 aliphatic rings. The van der Waals surface area contributed by atoms with Gasteiger partial charge in [0.1, 0.15) is 24.6 Å². The number of aliphatic hydroxyl groups excluding tert-OH is 1. The van der Waals surface area contributed by atoms with Crippen LogP contribution in [0.15, 0.2) is 35.5 Å². The monoisotopic (exact) mass is 246 g/mol. The van der Waals surface area contributed by atoms with Crippen LogP contribution in [0.25, 0.3) is 0 Å². The van der Waals surface area contributed by atoms with E-state index in [-0.39, 0.29) is 6.61 Å². The van der Waals surface area contributed by atoms with Crippen LogP contribution in [0.1, 0.15) is 11.7 Å². The Morgan fingerprint density at radius 1 is 1.44 bits per heavy atom. The summed E-state index contributed by atoms with van der Waals surface area (Å²) in [4.78, 5) is 5.70. The minimum absolute atomic E-state index is 0.252. The zero-order valence-corrected chi connectivity index (χ0v) is 9.65. The smallest absolute Gasteiger partial charge is 0.202 e. The minimum atomic E-state index is -0.602. The summed E-state index contributed by atoms with van der Waals surface area (Å²) in [6, 6.07) is 5.51. The molecule has 6 nitrogen and oxygen atoms in total. The van der Waals surface area contributed by atoms with Crippen molar-refractivity contribution < 1.29 is 9.84 Å². The second-order valence-electron chi connectivity index (χ2n) is 4.21. The Hall–Kier alpha value is -2.05. The molecule has 0 spiro atoms. The quantitative estimate of drug-likeness (QED) is 0.650. The molecule has 18 heavy (non-hydrogen) atoms.